The largest absolute Gasteiger partial charge is 0.506 e. The highest BCUT2D eigenvalue weighted by Crippen LogP contribution is 2.21. The number of nitrogens with zero attached hydrogens (tertiary/aromatic N) is 2. The molecule has 1 saturated heterocycles. The minimum atomic E-state index is 0.0429. The Bertz CT molecular complexity index is 468. The average Bonchev–Trinajstić information content (AvgIpc) is 2.42. The zero-order valence-electron chi connectivity index (χ0n) is 12.2. The molecule has 1 aromatic heterocycles. The van der Waals surface area contributed by atoms with Gasteiger partial charge in [-0.25, -0.2) is 0 Å². The molecule has 0 saturated carbocycles. The van der Waals surface area contributed by atoms with Crippen molar-refractivity contribution in [2.45, 2.75) is 33.2 Å². The minimum Gasteiger partial charge on any atom is -0.506 e. The molecule has 1 fully saturated rings. The second-order valence-corrected chi connectivity index (χ2v) is 5.58. The summed E-state index contributed by atoms with van der Waals surface area (Å²) in [7, 11) is 0. The summed E-state index contributed by atoms with van der Waals surface area (Å²) in [6.07, 6.45) is 2.15. The standard InChI is InChI=1S/C15H23N3O2/c1-11-3-4-15(20)14(17-11)10-18-7-5-13(6-8-18)9-16-12(2)19/h3-4,13,20H,5-10H2,1-2H3,(H,16,19). The molecule has 110 valence electrons. The number of likely N-dealkylation sites (tertiary alicyclic amines) is 1. The monoisotopic (exact) mass is 277 g/mol. The van der Waals surface area contributed by atoms with E-state index < -0.39 is 0 Å². The Kier molecular flexibility index (Phi) is 4.95. The van der Waals surface area contributed by atoms with Crippen LogP contribution < -0.4 is 5.32 Å². The van der Waals surface area contributed by atoms with Crippen LogP contribution in [0.15, 0.2) is 12.1 Å². The van der Waals surface area contributed by atoms with Crippen molar-refractivity contribution in [3.63, 3.8) is 0 Å². The van der Waals surface area contributed by atoms with Crippen molar-refractivity contribution < 1.29 is 9.90 Å². The molecule has 1 aliphatic rings. The molecule has 0 aromatic carbocycles. The molecule has 2 rings (SSSR count). The Morgan fingerprint density at radius 2 is 2.15 bits per heavy atom. The van der Waals surface area contributed by atoms with Crippen LogP contribution in [0.1, 0.15) is 31.2 Å². The molecule has 0 atom stereocenters. The smallest absolute Gasteiger partial charge is 0.216 e. The van der Waals surface area contributed by atoms with E-state index in [0.29, 0.717) is 12.5 Å². The fourth-order valence-electron chi connectivity index (χ4n) is 2.57. The van der Waals surface area contributed by atoms with Gasteiger partial charge in [0.15, 0.2) is 0 Å². The number of nitrogens with one attached hydrogen (secondary N) is 1. The molecule has 0 spiro atoms. The quantitative estimate of drug-likeness (QED) is 0.874. The topological polar surface area (TPSA) is 65.5 Å². The molecule has 0 aliphatic carbocycles. The van der Waals surface area contributed by atoms with Crippen molar-refractivity contribution in [1.29, 1.82) is 0 Å². The van der Waals surface area contributed by atoms with Gasteiger partial charge < -0.3 is 10.4 Å². The highest BCUT2D eigenvalue weighted by molar-refractivity contribution is 5.72. The predicted octanol–water partition coefficient (Wildman–Crippen LogP) is 1.44. The highest BCUT2D eigenvalue weighted by Gasteiger charge is 2.20. The van der Waals surface area contributed by atoms with Crippen molar-refractivity contribution in [2.75, 3.05) is 19.6 Å². The van der Waals surface area contributed by atoms with Gasteiger partial charge in [-0.2, -0.15) is 0 Å². The van der Waals surface area contributed by atoms with Crippen LogP contribution in [0.3, 0.4) is 0 Å². The summed E-state index contributed by atoms with van der Waals surface area (Å²) in [4.78, 5) is 17.6. The number of rotatable bonds is 4. The summed E-state index contributed by atoms with van der Waals surface area (Å²) >= 11 is 0. The SMILES string of the molecule is CC(=O)NCC1CCN(Cc2nc(C)ccc2O)CC1. The summed E-state index contributed by atoms with van der Waals surface area (Å²) in [5.74, 6) is 0.881. The molecule has 1 aromatic rings. The van der Waals surface area contributed by atoms with E-state index in [1.165, 1.54) is 0 Å². The van der Waals surface area contributed by atoms with E-state index in [-0.39, 0.29) is 11.7 Å². The Morgan fingerprint density at radius 3 is 2.80 bits per heavy atom. The molecule has 0 bridgehead atoms. The van der Waals surface area contributed by atoms with Gasteiger partial charge >= 0.3 is 0 Å². The molecule has 0 radical (unpaired) electrons. The van der Waals surface area contributed by atoms with Gasteiger partial charge in [0.25, 0.3) is 0 Å². The summed E-state index contributed by atoms with van der Waals surface area (Å²) in [5, 5.41) is 12.7. The van der Waals surface area contributed by atoms with Crippen LogP contribution in [-0.2, 0) is 11.3 Å². The average molecular weight is 277 g/mol. The van der Waals surface area contributed by atoms with Gasteiger partial charge in [-0.15, -0.1) is 0 Å². The third kappa shape index (κ3) is 4.20. The minimum absolute atomic E-state index is 0.0429. The lowest BCUT2D eigenvalue weighted by atomic mass is 9.96. The van der Waals surface area contributed by atoms with Crippen molar-refractivity contribution in [3.8, 4) is 5.75 Å². The highest BCUT2D eigenvalue weighted by atomic mass is 16.3. The third-order valence-corrected chi connectivity index (χ3v) is 3.81. The summed E-state index contributed by atoms with van der Waals surface area (Å²) < 4.78 is 0. The Labute approximate surface area is 120 Å². The first-order chi connectivity index (χ1) is 9.54. The molecule has 2 heterocycles. The van der Waals surface area contributed by atoms with Gasteiger partial charge in [-0.3, -0.25) is 14.7 Å². The lowest BCUT2D eigenvalue weighted by Gasteiger charge is -2.31. The second kappa shape index (κ2) is 6.70. The molecule has 20 heavy (non-hydrogen) atoms. The van der Waals surface area contributed by atoms with Crippen molar-refractivity contribution >= 4 is 5.91 Å². The van der Waals surface area contributed by atoms with Crippen molar-refractivity contribution in [2.24, 2.45) is 5.92 Å². The fourth-order valence-corrected chi connectivity index (χ4v) is 2.57. The normalized spacial score (nSPS) is 17.1. The second-order valence-electron chi connectivity index (χ2n) is 5.58. The Morgan fingerprint density at radius 1 is 1.45 bits per heavy atom. The first kappa shape index (κ1) is 14.8. The molecule has 5 nitrogen and oxygen atoms in total. The van der Waals surface area contributed by atoms with Crippen LogP contribution in [0.2, 0.25) is 0 Å². The van der Waals surface area contributed by atoms with E-state index in [4.69, 9.17) is 0 Å². The van der Waals surface area contributed by atoms with Gasteiger partial charge in [0.1, 0.15) is 5.75 Å². The molecule has 2 N–H and O–H groups in total. The van der Waals surface area contributed by atoms with E-state index in [1.54, 1.807) is 13.0 Å². The number of pyridine rings is 1. The number of aryl methyl sites for hydroxylation is 1. The summed E-state index contributed by atoms with van der Waals surface area (Å²) in [5.41, 5.74) is 1.68. The van der Waals surface area contributed by atoms with Crippen molar-refractivity contribution in [3.05, 3.63) is 23.5 Å². The van der Waals surface area contributed by atoms with Crippen molar-refractivity contribution in [1.82, 2.24) is 15.2 Å². The number of aromatic hydroxyl groups is 1. The molecule has 5 heteroatoms. The van der Waals surface area contributed by atoms with Gasteiger partial charge in [-0.05, 0) is 50.9 Å². The molecule has 1 amide bonds. The molecule has 1 aliphatic heterocycles. The molecule has 0 unspecified atom stereocenters. The van der Waals surface area contributed by atoms with E-state index in [0.717, 1.165) is 43.9 Å². The maximum absolute atomic E-state index is 10.9. The van der Waals surface area contributed by atoms with Crippen LogP contribution >= 0.6 is 0 Å². The fraction of sp³-hybridized carbons (Fsp3) is 0.600. The van der Waals surface area contributed by atoms with Gasteiger partial charge in [0.05, 0.1) is 5.69 Å². The number of aromatic nitrogens is 1. The van der Waals surface area contributed by atoms with Crippen LogP contribution in [0.5, 0.6) is 5.75 Å². The number of hydrogen-bond donors (Lipinski definition) is 2. The van der Waals surface area contributed by atoms with E-state index in [2.05, 4.69) is 15.2 Å². The van der Waals surface area contributed by atoms with Crippen LogP contribution in [0.4, 0.5) is 0 Å². The maximum atomic E-state index is 10.9. The zero-order valence-corrected chi connectivity index (χ0v) is 12.2. The summed E-state index contributed by atoms with van der Waals surface area (Å²) in [6, 6.07) is 3.53. The molecular formula is C15H23N3O2. The lowest BCUT2D eigenvalue weighted by Crippen LogP contribution is -2.38. The first-order valence-corrected chi connectivity index (χ1v) is 7.17. The van der Waals surface area contributed by atoms with Crippen LogP contribution in [0, 0.1) is 12.8 Å². The van der Waals surface area contributed by atoms with Crippen LogP contribution in [0.25, 0.3) is 0 Å². The first-order valence-electron chi connectivity index (χ1n) is 7.17. The van der Waals surface area contributed by atoms with E-state index in [9.17, 15) is 9.90 Å². The predicted molar refractivity (Wildman–Crippen MR) is 77.3 cm³/mol. The Hall–Kier alpha value is -1.62. The molecular weight excluding hydrogens is 254 g/mol. The van der Waals surface area contributed by atoms with E-state index in [1.807, 2.05) is 13.0 Å². The Balaban J connectivity index is 1.82. The van der Waals surface area contributed by atoms with Gasteiger partial charge in [-0.1, -0.05) is 0 Å². The number of hydrogen-bond acceptors (Lipinski definition) is 4. The number of carbonyl (C=O) groups excluding carboxylic acids is 1. The zero-order chi connectivity index (χ0) is 14.5. The van der Waals surface area contributed by atoms with Crippen LogP contribution in [-0.4, -0.2) is 40.5 Å². The van der Waals surface area contributed by atoms with Gasteiger partial charge in [0.2, 0.25) is 5.91 Å². The van der Waals surface area contributed by atoms with Gasteiger partial charge in [0, 0.05) is 25.7 Å². The number of piperidine rings is 1. The van der Waals surface area contributed by atoms with E-state index >= 15 is 0 Å². The summed E-state index contributed by atoms with van der Waals surface area (Å²) in [6.45, 7) is 6.93. The lowest BCUT2D eigenvalue weighted by molar-refractivity contribution is -0.119. The number of carbonyl (C=O) groups is 1. The third-order valence-electron chi connectivity index (χ3n) is 3.81. The maximum Gasteiger partial charge on any atom is 0.216 e. The number of amides is 1.